The van der Waals surface area contributed by atoms with Crippen molar-refractivity contribution < 1.29 is 14.3 Å². The second kappa shape index (κ2) is 10.1. The Bertz CT molecular complexity index is 709. The normalized spacial score (nSPS) is 17.5. The van der Waals surface area contributed by atoms with Gasteiger partial charge in [-0.05, 0) is 49.4 Å². The summed E-state index contributed by atoms with van der Waals surface area (Å²) in [5.41, 5.74) is 2.93. The lowest BCUT2D eigenvalue weighted by atomic mass is 9.85. The van der Waals surface area contributed by atoms with Crippen molar-refractivity contribution in [2.45, 2.75) is 64.0 Å². The maximum Gasteiger partial charge on any atom is 0.249 e. The van der Waals surface area contributed by atoms with E-state index in [1.807, 2.05) is 37.2 Å². The highest BCUT2D eigenvalue weighted by atomic mass is 16.5. The molecule has 2 amide bonds. The van der Waals surface area contributed by atoms with Crippen molar-refractivity contribution in [1.82, 2.24) is 4.90 Å². The number of methoxy groups -OCH3 is 1. The summed E-state index contributed by atoms with van der Waals surface area (Å²) in [5, 5.41) is 3.07. The molecule has 1 N–H and O–H groups in total. The van der Waals surface area contributed by atoms with Crippen molar-refractivity contribution in [3.8, 4) is 0 Å². The van der Waals surface area contributed by atoms with Crippen molar-refractivity contribution in [1.29, 1.82) is 0 Å². The molecule has 1 aromatic rings. The Labute approximate surface area is 174 Å². The van der Waals surface area contributed by atoms with E-state index in [1.165, 1.54) is 19.3 Å². The minimum absolute atomic E-state index is 0.0352. The summed E-state index contributed by atoms with van der Waals surface area (Å²) in [4.78, 5) is 29.3. The summed E-state index contributed by atoms with van der Waals surface area (Å²) in [5.74, 6) is 0.293. The summed E-state index contributed by atoms with van der Waals surface area (Å²) < 4.78 is 5.15. The van der Waals surface area contributed by atoms with E-state index in [0.717, 1.165) is 49.0 Å². The molecule has 2 aliphatic carbocycles. The first kappa shape index (κ1) is 21.6. The number of nitrogens with zero attached hydrogens (tertiary/aromatic N) is 2. The second-order valence-corrected chi connectivity index (χ2v) is 8.60. The highest BCUT2D eigenvalue weighted by Gasteiger charge is 2.27. The molecule has 0 bridgehead atoms. The van der Waals surface area contributed by atoms with Crippen LogP contribution in [0.25, 0.3) is 0 Å². The zero-order valence-electron chi connectivity index (χ0n) is 18.1. The van der Waals surface area contributed by atoms with Gasteiger partial charge >= 0.3 is 0 Å². The van der Waals surface area contributed by atoms with Gasteiger partial charge in [-0.3, -0.25) is 9.59 Å². The Kier molecular flexibility index (Phi) is 7.53. The number of nitrogens with one attached hydrogen (secondary N) is 1. The van der Waals surface area contributed by atoms with Gasteiger partial charge in [-0.1, -0.05) is 25.7 Å². The van der Waals surface area contributed by atoms with E-state index < -0.39 is 0 Å². The molecule has 160 valence electrons. The number of hydrogen-bond acceptors (Lipinski definition) is 4. The van der Waals surface area contributed by atoms with E-state index in [9.17, 15) is 9.59 Å². The fraction of sp³-hybridized carbons (Fsp3) is 0.652. The number of benzene rings is 1. The fourth-order valence-corrected chi connectivity index (χ4v) is 4.34. The lowest BCUT2D eigenvalue weighted by molar-refractivity contribution is -0.139. The smallest absolute Gasteiger partial charge is 0.249 e. The molecular weight excluding hydrogens is 366 g/mol. The first-order valence-electron chi connectivity index (χ1n) is 10.9. The molecule has 29 heavy (non-hydrogen) atoms. The van der Waals surface area contributed by atoms with E-state index in [4.69, 9.17) is 4.74 Å². The minimum Gasteiger partial charge on any atom is -0.377 e. The van der Waals surface area contributed by atoms with Gasteiger partial charge in [-0.2, -0.15) is 0 Å². The standard InChI is InChI=1S/C23H35N3O3/c1-25(2)21-13-12-19(24-23(28)17-8-7-9-17)14-18(21)15-26(22(27)16-29-3)20-10-5-4-6-11-20/h12-14,17,20H,4-11,15-16H2,1-3H3,(H,24,28). The molecule has 0 spiro atoms. The third-order valence-corrected chi connectivity index (χ3v) is 6.25. The summed E-state index contributed by atoms with van der Waals surface area (Å²) >= 11 is 0. The average Bonchev–Trinajstić information content (AvgIpc) is 2.65. The zero-order valence-corrected chi connectivity index (χ0v) is 18.1. The molecule has 0 saturated heterocycles. The van der Waals surface area contributed by atoms with Crippen molar-refractivity contribution in [3.63, 3.8) is 0 Å². The van der Waals surface area contributed by atoms with Gasteiger partial charge in [0, 0.05) is 51.1 Å². The molecule has 6 heteroatoms. The van der Waals surface area contributed by atoms with Gasteiger partial charge in [0.1, 0.15) is 6.61 Å². The van der Waals surface area contributed by atoms with Crippen LogP contribution in [-0.4, -0.2) is 50.6 Å². The van der Waals surface area contributed by atoms with E-state index in [0.29, 0.717) is 6.54 Å². The van der Waals surface area contributed by atoms with E-state index >= 15 is 0 Å². The second-order valence-electron chi connectivity index (χ2n) is 8.60. The van der Waals surface area contributed by atoms with Crippen molar-refractivity contribution in [2.75, 3.05) is 38.0 Å². The number of amides is 2. The average molecular weight is 402 g/mol. The van der Waals surface area contributed by atoms with E-state index in [1.54, 1.807) is 7.11 Å². The molecule has 0 radical (unpaired) electrons. The van der Waals surface area contributed by atoms with E-state index in [2.05, 4.69) is 10.2 Å². The van der Waals surface area contributed by atoms with Gasteiger partial charge in [-0.25, -0.2) is 0 Å². The number of carbonyl (C=O) groups excluding carboxylic acids is 2. The highest BCUT2D eigenvalue weighted by Crippen LogP contribution is 2.31. The molecule has 0 heterocycles. The monoisotopic (exact) mass is 401 g/mol. The van der Waals surface area contributed by atoms with Crippen LogP contribution in [0.1, 0.15) is 56.9 Å². The lowest BCUT2D eigenvalue weighted by Crippen LogP contribution is -2.42. The number of rotatable bonds is 8. The van der Waals surface area contributed by atoms with E-state index in [-0.39, 0.29) is 30.4 Å². The van der Waals surface area contributed by atoms with Crippen LogP contribution < -0.4 is 10.2 Å². The van der Waals surface area contributed by atoms with Crippen LogP contribution in [0.2, 0.25) is 0 Å². The molecule has 0 aromatic heterocycles. The Hall–Kier alpha value is -2.08. The Morgan fingerprint density at radius 3 is 2.38 bits per heavy atom. The van der Waals surface area contributed by atoms with Crippen LogP contribution >= 0.6 is 0 Å². The Morgan fingerprint density at radius 2 is 1.79 bits per heavy atom. The van der Waals surface area contributed by atoms with Crippen molar-refractivity contribution in [3.05, 3.63) is 23.8 Å². The molecule has 3 rings (SSSR count). The predicted molar refractivity (Wildman–Crippen MR) is 116 cm³/mol. The SMILES string of the molecule is COCC(=O)N(Cc1cc(NC(=O)C2CCC2)ccc1N(C)C)C1CCCCC1. The first-order chi connectivity index (χ1) is 14.0. The van der Waals surface area contributed by atoms with Crippen LogP contribution in [0.15, 0.2) is 18.2 Å². The Balaban J connectivity index is 1.82. The minimum atomic E-state index is 0.0352. The fourth-order valence-electron chi connectivity index (χ4n) is 4.34. The van der Waals surface area contributed by atoms with Crippen molar-refractivity contribution >= 4 is 23.2 Å². The van der Waals surface area contributed by atoms with Crippen LogP contribution in [0, 0.1) is 5.92 Å². The molecule has 2 aliphatic rings. The van der Waals surface area contributed by atoms with Crippen LogP contribution in [-0.2, 0) is 20.9 Å². The molecule has 6 nitrogen and oxygen atoms in total. The molecule has 0 atom stereocenters. The largest absolute Gasteiger partial charge is 0.377 e. The summed E-state index contributed by atoms with van der Waals surface area (Å²) in [6.07, 6.45) is 8.77. The molecule has 0 aliphatic heterocycles. The quantitative estimate of drug-likeness (QED) is 0.720. The molecule has 0 unspecified atom stereocenters. The van der Waals surface area contributed by atoms with Gasteiger partial charge in [-0.15, -0.1) is 0 Å². The van der Waals surface area contributed by atoms with Crippen molar-refractivity contribution in [2.24, 2.45) is 5.92 Å². The van der Waals surface area contributed by atoms with Crippen LogP contribution in [0.3, 0.4) is 0 Å². The zero-order chi connectivity index (χ0) is 20.8. The topological polar surface area (TPSA) is 61.9 Å². The molecular formula is C23H35N3O3. The predicted octanol–water partition coefficient (Wildman–Crippen LogP) is 3.80. The number of ether oxygens (including phenoxy) is 1. The number of hydrogen-bond donors (Lipinski definition) is 1. The maximum atomic E-state index is 12.8. The van der Waals surface area contributed by atoms with Gasteiger partial charge in [0.2, 0.25) is 11.8 Å². The molecule has 2 fully saturated rings. The third kappa shape index (κ3) is 5.50. The molecule has 1 aromatic carbocycles. The third-order valence-electron chi connectivity index (χ3n) is 6.25. The summed E-state index contributed by atoms with van der Waals surface area (Å²) in [7, 11) is 5.58. The van der Waals surface area contributed by atoms with Crippen LogP contribution in [0.5, 0.6) is 0 Å². The summed E-state index contributed by atoms with van der Waals surface area (Å²) in [6, 6.07) is 6.28. The first-order valence-corrected chi connectivity index (χ1v) is 10.9. The van der Waals surface area contributed by atoms with Gasteiger partial charge < -0.3 is 19.9 Å². The molecule has 2 saturated carbocycles. The lowest BCUT2D eigenvalue weighted by Gasteiger charge is -2.35. The summed E-state index contributed by atoms with van der Waals surface area (Å²) in [6.45, 7) is 0.638. The van der Waals surface area contributed by atoms with Gasteiger partial charge in [0.25, 0.3) is 0 Å². The Morgan fingerprint density at radius 1 is 1.07 bits per heavy atom. The van der Waals surface area contributed by atoms with Gasteiger partial charge in [0.05, 0.1) is 0 Å². The van der Waals surface area contributed by atoms with Crippen LogP contribution in [0.4, 0.5) is 11.4 Å². The number of carbonyl (C=O) groups is 2. The van der Waals surface area contributed by atoms with Gasteiger partial charge in [0.15, 0.2) is 0 Å². The maximum absolute atomic E-state index is 12.8. The highest BCUT2D eigenvalue weighted by molar-refractivity contribution is 5.93. The number of anilines is 2.